The Morgan fingerprint density at radius 2 is 2.07 bits per heavy atom. The Morgan fingerprint density at radius 3 is 2.60 bits per heavy atom. The van der Waals surface area contributed by atoms with Crippen LogP contribution < -0.4 is 0 Å². The van der Waals surface area contributed by atoms with Crippen molar-refractivity contribution >= 4 is 0 Å². The molecule has 1 N–H and O–H groups in total. The van der Waals surface area contributed by atoms with Crippen LogP contribution in [0.25, 0.3) is 0 Å². The Bertz CT molecular complexity index is 185. The van der Waals surface area contributed by atoms with Gasteiger partial charge in [0.25, 0.3) is 0 Å². The van der Waals surface area contributed by atoms with Crippen LogP contribution in [-0.2, 0) is 0 Å². The molecule has 0 amide bonds. The quantitative estimate of drug-likeness (QED) is 0.775. The third-order valence-electron chi connectivity index (χ3n) is 3.50. The summed E-state index contributed by atoms with van der Waals surface area (Å²) in [4.78, 5) is 2.43. The molecule has 2 unspecified atom stereocenters. The molecule has 15 heavy (non-hydrogen) atoms. The van der Waals surface area contributed by atoms with Gasteiger partial charge in [-0.25, -0.2) is 0 Å². The highest BCUT2D eigenvalue weighted by atomic mass is 16.3. The van der Waals surface area contributed by atoms with Crippen molar-refractivity contribution in [2.45, 2.75) is 53.1 Å². The molecule has 1 aliphatic rings. The van der Waals surface area contributed by atoms with Crippen molar-refractivity contribution in [1.29, 1.82) is 0 Å². The first-order chi connectivity index (χ1) is 6.93. The Morgan fingerprint density at radius 1 is 1.40 bits per heavy atom. The minimum absolute atomic E-state index is 0.0167. The maximum absolute atomic E-state index is 10.0. The van der Waals surface area contributed by atoms with Crippen molar-refractivity contribution in [3.63, 3.8) is 0 Å². The number of likely N-dealkylation sites (tertiary alicyclic amines) is 1. The lowest BCUT2D eigenvalue weighted by Crippen LogP contribution is -2.38. The van der Waals surface area contributed by atoms with E-state index < -0.39 is 0 Å². The number of aliphatic hydroxyl groups excluding tert-OH is 1. The van der Waals surface area contributed by atoms with Crippen LogP contribution in [-0.4, -0.2) is 35.7 Å². The number of β-amino-alcohol motifs (C(OH)–C–C–N with tert-alkyl or cyclic N) is 1. The zero-order valence-corrected chi connectivity index (χ0v) is 10.8. The molecule has 1 saturated heterocycles. The largest absolute Gasteiger partial charge is 0.391 e. The molecule has 1 fully saturated rings. The van der Waals surface area contributed by atoms with Gasteiger partial charge in [0, 0.05) is 13.1 Å². The molecule has 0 aliphatic carbocycles. The van der Waals surface area contributed by atoms with Gasteiger partial charge in [0.15, 0.2) is 0 Å². The summed E-state index contributed by atoms with van der Waals surface area (Å²) in [6.45, 7) is 11.8. The first-order valence-electron chi connectivity index (χ1n) is 6.34. The summed E-state index contributed by atoms with van der Waals surface area (Å²) >= 11 is 0. The molecule has 2 heteroatoms. The van der Waals surface area contributed by atoms with E-state index in [1.807, 2.05) is 0 Å². The fourth-order valence-corrected chi connectivity index (χ4v) is 2.24. The Labute approximate surface area is 94.7 Å². The molecule has 1 aliphatic heterocycles. The maximum Gasteiger partial charge on any atom is 0.0715 e. The Balaban J connectivity index is 2.30. The first kappa shape index (κ1) is 13.0. The minimum Gasteiger partial charge on any atom is -0.391 e. The number of aliphatic hydroxyl groups is 1. The summed E-state index contributed by atoms with van der Waals surface area (Å²) in [5.41, 5.74) is 0.0167. The van der Waals surface area contributed by atoms with Gasteiger partial charge in [-0.15, -0.1) is 0 Å². The van der Waals surface area contributed by atoms with Gasteiger partial charge in [0.05, 0.1) is 6.10 Å². The van der Waals surface area contributed by atoms with Crippen LogP contribution in [0.3, 0.4) is 0 Å². The lowest BCUT2D eigenvalue weighted by molar-refractivity contribution is 0.0335. The van der Waals surface area contributed by atoms with Crippen LogP contribution in [0, 0.1) is 11.3 Å². The summed E-state index contributed by atoms with van der Waals surface area (Å²) in [5, 5.41) is 10.0. The topological polar surface area (TPSA) is 23.5 Å². The van der Waals surface area contributed by atoms with Gasteiger partial charge in [-0.1, -0.05) is 34.1 Å². The summed E-state index contributed by atoms with van der Waals surface area (Å²) in [7, 11) is 0. The zero-order chi connectivity index (χ0) is 11.5. The highest BCUT2D eigenvalue weighted by Crippen LogP contribution is 2.24. The fraction of sp³-hybridized carbons (Fsp3) is 1.00. The second-order valence-corrected chi connectivity index (χ2v) is 6.08. The average molecular weight is 213 g/mol. The van der Waals surface area contributed by atoms with Crippen LogP contribution in [0.5, 0.6) is 0 Å². The third-order valence-corrected chi connectivity index (χ3v) is 3.50. The molecule has 0 aromatic rings. The fourth-order valence-electron chi connectivity index (χ4n) is 2.24. The molecular formula is C13H27NO. The van der Waals surface area contributed by atoms with Gasteiger partial charge in [-0.05, 0) is 30.7 Å². The van der Waals surface area contributed by atoms with Crippen LogP contribution in [0.2, 0.25) is 0 Å². The SMILES string of the molecule is CCCC1CCN(CC(O)C(C)(C)C)C1. The van der Waals surface area contributed by atoms with Crippen molar-refractivity contribution in [1.82, 2.24) is 4.90 Å². The van der Waals surface area contributed by atoms with Gasteiger partial charge in [0.1, 0.15) is 0 Å². The van der Waals surface area contributed by atoms with Gasteiger partial charge >= 0.3 is 0 Å². The summed E-state index contributed by atoms with van der Waals surface area (Å²) in [6, 6.07) is 0. The van der Waals surface area contributed by atoms with E-state index in [1.165, 1.54) is 32.4 Å². The molecule has 0 aromatic heterocycles. The maximum atomic E-state index is 10.0. The van der Waals surface area contributed by atoms with Crippen molar-refractivity contribution < 1.29 is 5.11 Å². The van der Waals surface area contributed by atoms with Crippen molar-refractivity contribution in [3.05, 3.63) is 0 Å². The van der Waals surface area contributed by atoms with Crippen molar-refractivity contribution in [2.24, 2.45) is 11.3 Å². The van der Waals surface area contributed by atoms with E-state index >= 15 is 0 Å². The highest BCUT2D eigenvalue weighted by Gasteiger charge is 2.28. The molecule has 0 bridgehead atoms. The molecule has 1 heterocycles. The molecule has 2 nitrogen and oxygen atoms in total. The molecule has 0 saturated carbocycles. The Hall–Kier alpha value is -0.0800. The summed E-state index contributed by atoms with van der Waals surface area (Å²) < 4.78 is 0. The standard InChI is InChI=1S/C13H27NO/c1-5-6-11-7-8-14(9-11)10-12(15)13(2,3)4/h11-12,15H,5-10H2,1-4H3. The minimum atomic E-state index is -0.196. The number of hydrogen-bond acceptors (Lipinski definition) is 2. The number of rotatable bonds is 4. The second kappa shape index (κ2) is 5.31. The van der Waals surface area contributed by atoms with E-state index in [-0.39, 0.29) is 11.5 Å². The third kappa shape index (κ3) is 4.12. The van der Waals surface area contributed by atoms with Gasteiger partial charge in [-0.3, -0.25) is 0 Å². The van der Waals surface area contributed by atoms with E-state index in [0.717, 1.165) is 12.5 Å². The second-order valence-electron chi connectivity index (χ2n) is 6.08. The van der Waals surface area contributed by atoms with E-state index in [1.54, 1.807) is 0 Å². The predicted molar refractivity (Wildman–Crippen MR) is 64.9 cm³/mol. The smallest absolute Gasteiger partial charge is 0.0715 e. The van der Waals surface area contributed by atoms with Crippen LogP contribution in [0.15, 0.2) is 0 Å². The zero-order valence-electron chi connectivity index (χ0n) is 10.8. The van der Waals surface area contributed by atoms with Crippen LogP contribution in [0.4, 0.5) is 0 Å². The average Bonchev–Trinajstić information content (AvgIpc) is 2.51. The summed E-state index contributed by atoms with van der Waals surface area (Å²) in [6.07, 6.45) is 3.77. The van der Waals surface area contributed by atoms with Crippen molar-refractivity contribution in [3.8, 4) is 0 Å². The highest BCUT2D eigenvalue weighted by molar-refractivity contribution is 4.81. The van der Waals surface area contributed by atoms with E-state index in [9.17, 15) is 5.11 Å². The monoisotopic (exact) mass is 213 g/mol. The Kier molecular flexibility index (Phi) is 4.60. The molecule has 1 rings (SSSR count). The lowest BCUT2D eigenvalue weighted by Gasteiger charge is -2.29. The van der Waals surface area contributed by atoms with E-state index in [0.29, 0.717) is 0 Å². The van der Waals surface area contributed by atoms with E-state index in [2.05, 4.69) is 32.6 Å². The molecule has 90 valence electrons. The van der Waals surface area contributed by atoms with Gasteiger partial charge < -0.3 is 10.0 Å². The normalized spacial score (nSPS) is 25.8. The lowest BCUT2D eigenvalue weighted by atomic mass is 9.89. The van der Waals surface area contributed by atoms with Crippen LogP contribution in [0.1, 0.15) is 47.0 Å². The number of nitrogens with zero attached hydrogens (tertiary/aromatic N) is 1. The predicted octanol–water partition coefficient (Wildman–Crippen LogP) is 2.52. The first-order valence-corrected chi connectivity index (χ1v) is 6.34. The van der Waals surface area contributed by atoms with Crippen molar-refractivity contribution in [2.75, 3.05) is 19.6 Å². The molecule has 0 radical (unpaired) electrons. The van der Waals surface area contributed by atoms with Crippen LogP contribution >= 0.6 is 0 Å². The van der Waals surface area contributed by atoms with E-state index in [4.69, 9.17) is 0 Å². The van der Waals surface area contributed by atoms with Gasteiger partial charge in [0.2, 0.25) is 0 Å². The number of hydrogen-bond donors (Lipinski definition) is 1. The molecule has 2 atom stereocenters. The van der Waals surface area contributed by atoms with Gasteiger partial charge in [-0.2, -0.15) is 0 Å². The summed E-state index contributed by atoms with van der Waals surface area (Å²) in [5.74, 6) is 0.877. The molecular weight excluding hydrogens is 186 g/mol. The molecule has 0 spiro atoms. The molecule has 0 aromatic carbocycles.